The molecule has 0 aromatic carbocycles. The van der Waals surface area contributed by atoms with Gasteiger partial charge < -0.3 is 4.42 Å². The Morgan fingerprint density at radius 2 is 1.87 bits per heavy atom. The van der Waals surface area contributed by atoms with Gasteiger partial charge in [0.05, 0.1) is 6.26 Å². The number of furan rings is 1. The molecule has 2 aromatic rings. The van der Waals surface area contributed by atoms with Crippen LogP contribution in [-0.2, 0) is 6.42 Å². The summed E-state index contributed by atoms with van der Waals surface area (Å²) in [5.74, 6) is 0. The molecule has 0 fully saturated rings. The van der Waals surface area contributed by atoms with Gasteiger partial charge in [-0.15, -0.1) is 0 Å². The number of hydrogen-bond acceptors (Lipinski definition) is 2. The summed E-state index contributed by atoms with van der Waals surface area (Å²) >= 11 is 0. The van der Waals surface area contributed by atoms with Crippen LogP contribution in [0.1, 0.15) is 40.2 Å². The molecule has 0 N–H and O–H groups in total. The molecule has 2 nitrogen and oxygen atoms in total. The summed E-state index contributed by atoms with van der Waals surface area (Å²) in [5, 5.41) is 0. The quantitative estimate of drug-likeness (QED) is 0.690. The lowest BCUT2D eigenvalue weighted by atomic mass is 10.2. The Bertz CT molecular complexity index is 365. The molecule has 0 aliphatic rings. The van der Waals surface area contributed by atoms with Crippen LogP contribution in [0.5, 0.6) is 0 Å². The predicted molar refractivity (Wildman–Crippen MR) is 66.1 cm³/mol. The lowest BCUT2D eigenvalue weighted by Gasteiger charge is -1.92. The van der Waals surface area contributed by atoms with Crippen LogP contribution in [0.4, 0.5) is 0 Å². The van der Waals surface area contributed by atoms with Crippen LogP contribution >= 0.6 is 0 Å². The van der Waals surface area contributed by atoms with Crippen LogP contribution in [0.25, 0.3) is 11.1 Å². The number of pyridine rings is 1. The molecule has 84 valence electrons. The Morgan fingerprint density at radius 3 is 2.47 bits per heavy atom. The molecular weight excluding hydrogens is 186 g/mol. The minimum absolute atomic E-state index is 0.879. The molecule has 0 aliphatic heterocycles. The van der Waals surface area contributed by atoms with Crippen LogP contribution in [-0.4, -0.2) is 4.98 Å². The average molecular weight is 207 g/mol. The first-order valence-electron chi connectivity index (χ1n) is 5.72. The first-order valence-corrected chi connectivity index (χ1v) is 5.72. The Kier molecular flexibility index (Phi) is 7.33. The highest BCUT2D eigenvalue weighted by Crippen LogP contribution is 2.13. The molecule has 2 aromatic heterocycles. The topological polar surface area (TPSA) is 26.0 Å². The van der Waals surface area contributed by atoms with Gasteiger partial charge in [-0.2, -0.15) is 0 Å². The normalized spacial score (nSPS) is 8.60. The number of aromatic nitrogens is 1. The summed E-state index contributed by atoms with van der Waals surface area (Å²) in [6, 6.07) is 3.90. The van der Waals surface area contributed by atoms with Crippen LogP contribution in [0, 0.1) is 0 Å². The van der Waals surface area contributed by atoms with Gasteiger partial charge >= 0.3 is 0 Å². The third-order valence-corrected chi connectivity index (χ3v) is 1.77. The largest absolute Gasteiger partial charge is 0.463 e. The molecule has 2 rings (SSSR count). The number of hydrogen-bond donors (Lipinski definition) is 0. The molecule has 2 heteroatoms. The van der Waals surface area contributed by atoms with Crippen molar-refractivity contribution in [3.63, 3.8) is 0 Å². The zero-order valence-corrected chi connectivity index (χ0v) is 10.4. The highest BCUT2D eigenvalue weighted by molar-refractivity contribution is 5.72. The summed E-state index contributed by atoms with van der Waals surface area (Å²) in [7, 11) is 0. The van der Waals surface area contributed by atoms with E-state index in [2.05, 4.69) is 11.9 Å². The monoisotopic (exact) mass is 207 g/mol. The van der Waals surface area contributed by atoms with Crippen molar-refractivity contribution in [1.29, 1.82) is 0 Å². The SMILES string of the molecule is CC.CC.CCc1cnc2ccoc2c1. The number of aryl methyl sites for hydroxylation is 1. The first-order chi connectivity index (χ1) is 7.40. The molecule has 0 unspecified atom stereocenters. The van der Waals surface area contributed by atoms with Crippen molar-refractivity contribution >= 4 is 11.1 Å². The van der Waals surface area contributed by atoms with Crippen molar-refractivity contribution in [1.82, 2.24) is 4.98 Å². The van der Waals surface area contributed by atoms with Crippen LogP contribution in [0.2, 0.25) is 0 Å². The molecule has 0 bridgehead atoms. The van der Waals surface area contributed by atoms with Gasteiger partial charge in [0.2, 0.25) is 0 Å². The molecule has 15 heavy (non-hydrogen) atoms. The summed E-state index contributed by atoms with van der Waals surface area (Å²) in [6.07, 6.45) is 4.55. The van der Waals surface area contributed by atoms with Gasteiger partial charge in [0.15, 0.2) is 5.58 Å². The lowest BCUT2D eigenvalue weighted by Crippen LogP contribution is -1.80. The van der Waals surface area contributed by atoms with Gasteiger partial charge in [0.25, 0.3) is 0 Å². The number of fused-ring (bicyclic) bond motifs is 1. The Labute approximate surface area is 92.3 Å². The van der Waals surface area contributed by atoms with Crippen molar-refractivity contribution in [2.45, 2.75) is 41.0 Å². The fraction of sp³-hybridized carbons (Fsp3) is 0.462. The molecular formula is C13H21NO. The third kappa shape index (κ3) is 3.74. The zero-order valence-electron chi connectivity index (χ0n) is 10.4. The number of nitrogens with zero attached hydrogens (tertiary/aromatic N) is 1. The van der Waals surface area contributed by atoms with Crippen molar-refractivity contribution in [2.75, 3.05) is 0 Å². The van der Waals surface area contributed by atoms with Gasteiger partial charge in [-0.3, -0.25) is 4.98 Å². The van der Waals surface area contributed by atoms with Crippen molar-refractivity contribution in [3.8, 4) is 0 Å². The highest BCUT2D eigenvalue weighted by Gasteiger charge is 1.97. The molecule has 0 atom stereocenters. The first kappa shape index (κ1) is 13.7. The van der Waals surface area contributed by atoms with Gasteiger partial charge in [-0.1, -0.05) is 34.6 Å². The second kappa shape index (κ2) is 8.04. The van der Waals surface area contributed by atoms with Gasteiger partial charge in [-0.25, -0.2) is 0 Å². The van der Waals surface area contributed by atoms with E-state index >= 15 is 0 Å². The second-order valence-electron chi connectivity index (χ2n) is 2.50. The average Bonchev–Trinajstić information content (AvgIpc) is 2.81. The second-order valence-corrected chi connectivity index (χ2v) is 2.50. The van der Waals surface area contributed by atoms with E-state index < -0.39 is 0 Å². The fourth-order valence-corrected chi connectivity index (χ4v) is 1.08. The number of rotatable bonds is 1. The maximum Gasteiger partial charge on any atom is 0.152 e. The zero-order chi connectivity index (χ0) is 11.7. The van der Waals surface area contributed by atoms with Crippen molar-refractivity contribution in [2.24, 2.45) is 0 Å². The maximum absolute atomic E-state index is 5.20. The summed E-state index contributed by atoms with van der Waals surface area (Å²) in [5.41, 5.74) is 3.03. The van der Waals surface area contributed by atoms with E-state index in [1.807, 2.05) is 46.0 Å². The van der Waals surface area contributed by atoms with E-state index in [-0.39, 0.29) is 0 Å². The summed E-state index contributed by atoms with van der Waals surface area (Å²) in [4.78, 5) is 4.22. The molecule has 0 saturated heterocycles. The van der Waals surface area contributed by atoms with Crippen molar-refractivity contribution < 1.29 is 4.42 Å². The molecule has 0 aliphatic carbocycles. The van der Waals surface area contributed by atoms with E-state index in [1.165, 1.54) is 5.56 Å². The minimum Gasteiger partial charge on any atom is -0.463 e. The van der Waals surface area contributed by atoms with Crippen LogP contribution in [0.15, 0.2) is 29.0 Å². The van der Waals surface area contributed by atoms with Crippen LogP contribution in [0.3, 0.4) is 0 Å². The van der Waals surface area contributed by atoms with E-state index in [1.54, 1.807) is 6.26 Å². The van der Waals surface area contributed by atoms with Crippen molar-refractivity contribution in [3.05, 3.63) is 30.2 Å². The van der Waals surface area contributed by atoms with E-state index in [9.17, 15) is 0 Å². The predicted octanol–water partition coefficient (Wildman–Crippen LogP) is 4.44. The summed E-state index contributed by atoms with van der Waals surface area (Å²) < 4.78 is 5.20. The molecule has 0 radical (unpaired) electrons. The Morgan fingerprint density at radius 1 is 1.20 bits per heavy atom. The highest BCUT2D eigenvalue weighted by atomic mass is 16.3. The van der Waals surface area contributed by atoms with Gasteiger partial charge in [-0.05, 0) is 18.1 Å². The van der Waals surface area contributed by atoms with E-state index in [0.717, 1.165) is 17.5 Å². The molecule has 0 saturated carbocycles. The smallest absolute Gasteiger partial charge is 0.152 e. The molecule has 0 spiro atoms. The summed E-state index contributed by atoms with van der Waals surface area (Å²) in [6.45, 7) is 10.1. The van der Waals surface area contributed by atoms with E-state index in [4.69, 9.17) is 4.42 Å². The Hall–Kier alpha value is -1.31. The van der Waals surface area contributed by atoms with Gasteiger partial charge in [0.1, 0.15) is 5.52 Å². The lowest BCUT2D eigenvalue weighted by molar-refractivity contribution is 0.615. The third-order valence-electron chi connectivity index (χ3n) is 1.77. The standard InChI is InChI=1S/C9H9NO.2C2H6/c1-2-7-5-9-8(10-6-7)3-4-11-9;2*1-2/h3-6H,2H2,1H3;2*1-2H3. The van der Waals surface area contributed by atoms with Crippen LogP contribution < -0.4 is 0 Å². The molecule has 0 amide bonds. The minimum atomic E-state index is 0.879. The Balaban J connectivity index is 0.000000442. The van der Waals surface area contributed by atoms with Gasteiger partial charge in [0, 0.05) is 12.3 Å². The van der Waals surface area contributed by atoms with E-state index in [0.29, 0.717) is 0 Å². The maximum atomic E-state index is 5.20. The fourth-order valence-electron chi connectivity index (χ4n) is 1.08. The molecule has 2 heterocycles.